The normalized spacial score (nSPS) is 9.56. The van der Waals surface area contributed by atoms with Gasteiger partial charge in [-0.2, -0.15) is 0 Å². The molecule has 47 valence electrons. The number of carbonyl (C=O) groups is 1. The first-order valence-electron chi connectivity index (χ1n) is 2.56. The maximum absolute atomic E-state index is 10.6. The van der Waals surface area contributed by atoms with Crippen molar-refractivity contribution in [2.24, 2.45) is 0 Å². The first-order valence-corrected chi connectivity index (χ1v) is 3.38. The highest BCUT2D eigenvalue weighted by Crippen LogP contribution is 2.10. The zero-order valence-electron chi connectivity index (χ0n) is 5.26. The molecule has 0 saturated carbocycles. The SMILES string of the molecule is CC(=O)c1[c]nc(C)s1. The molecule has 1 heterocycles. The number of ketones is 1. The van der Waals surface area contributed by atoms with Gasteiger partial charge in [0.1, 0.15) is 6.20 Å². The van der Waals surface area contributed by atoms with E-state index in [-0.39, 0.29) is 5.78 Å². The van der Waals surface area contributed by atoms with Gasteiger partial charge >= 0.3 is 0 Å². The molecule has 0 N–H and O–H groups in total. The van der Waals surface area contributed by atoms with Gasteiger partial charge in [-0.1, -0.05) is 0 Å². The van der Waals surface area contributed by atoms with Crippen LogP contribution in [0.5, 0.6) is 0 Å². The number of hydrogen-bond acceptors (Lipinski definition) is 3. The molecule has 1 rings (SSSR count). The van der Waals surface area contributed by atoms with Crippen LogP contribution in [0.2, 0.25) is 0 Å². The Balaban J connectivity index is 2.98. The average molecular weight is 140 g/mol. The highest BCUT2D eigenvalue weighted by molar-refractivity contribution is 7.13. The van der Waals surface area contributed by atoms with E-state index in [0.29, 0.717) is 4.88 Å². The third-order valence-corrected chi connectivity index (χ3v) is 1.85. The van der Waals surface area contributed by atoms with Gasteiger partial charge in [0.25, 0.3) is 0 Å². The standard InChI is InChI=1S/C6H6NOS/c1-4(8)6-3-7-5(2)9-6/h1-2H3. The fraction of sp³-hybridized carbons (Fsp3) is 0.333. The second-order valence-corrected chi connectivity index (χ2v) is 2.93. The summed E-state index contributed by atoms with van der Waals surface area (Å²) in [6.07, 6.45) is 2.62. The van der Waals surface area contributed by atoms with Crippen molar-refractivity contribution in [2.75, 3.05) is 0 Å². The Morgan fingerprint density at radius 3 is 2.67 bits per heavy atom. The van der Waals surface area contributed by atoms with Crippen molar-refractivity contribution in [2.45, 2.75) is 13.8 Å². The van der Waals surface area contributed by atoms with E-state index in [9.17, 15) is 4.79 Å². The smallest absolute Gasteiger partial charge is 0.172 e. The van der Waals surface area contributed by atoms with Crippen molar-refractivity contribution >= 4 is 17.1 Å². The second-order valence-electron chi connectivity index (χ2n) is 1.73. The zero-order valence-corrected chi connectivity index (χ0v) is 6.08. The molecular weight excluding hydrogens is 134 g/mol. The van der Waals surface area contributed by atoms with Crippen molar-refractivity contribution in [3.8, 4) is 0 Å². The van der Waals surface area contributed by atoms with Gasteiger partial charge < -0.3 is 0 Å². The van der Waals surface area contributed by atoms with E-state index < -0.39 is 0 Å². The van der Waals surface area contributed by atoms with Crippen molar-refractivity contribution in [3.05, 3.63) is 16.1 Å². The molecule has 0 bridgehead atoms. The summed E-state index contributed by atoms with van der Waals surface area (Å²) >= 11 is 1.38. The van der Waals surface area contributed by atoms with Gasteiger partial charge in [0, 0.05) is 6.92 Å². The van der Waals surface area contributed by atoms with E-state index in [4.69, 9.17) is 0 Å². The van der Waals surface area contributed by atoms with Gasteiger partial charge in [0.2, 0.25) is 0 Å². The predicted molar refractivity (Wildman–Crippen MR) is 35.7 cm³/mol. The number of carbonyl (C=O) groups excluding carboxylic acids is 1. The number of thiazole rings is 1. The summed E-state index contributed by atoms with van der Waals surface area (Å²) < 4.78 is 0. The van der Waals surface area contributed by atoms with Gasteiger partial charge in [-0.05, 0) is 6.92 Å². The molecule has 0 fully saturated rings. The quantitative estimate of drug-likeness (QED) is 0.553. The van der Waals surface area contributed by atoms with Crippen molar-refractivity contribution < 1.29 is 4.79 Å². The van der Waals surface area contributed by atoms with Crippen LogP contribution < -0.4 is 0 Å². The van der Waals surface area contributed by atoms with E-state index in [0.717, 1.165) is 5.01 Å². The Morgan fingerprint density at radius 1 is 1.78 bits per heavy atom. The lowest BCUT2D eigenvalue weighted by molar-refractivity contribution is 0.102. The van der Waals surface area contributed by atoms with Crippen molar-refractivity contribution in [3.63, 3.8) is 0 Å². The van der Waals surface area contributed by atoms with Gasteiger partial charge in [0.05, 0.1) is 9.88 Å². The van der Waals surface area contributed by atoms with Crippen LogP contribution >= 0.6 is 11.3 Å². The molecule has 0 aromatic carbocycles. The molecule has 1 aromatic rings. The molecule has 0 spiro atoms. The fourth-order valence-electron chi connectivity index (χ4n) is 0.473. The summed E-state index contributed by atoms with van der Waals surface area (Å²) in [5.74, 6) is 0.0422. The number of hydrogen-bond donors (Lipinski definition) is 0. The Bertz CT molecular complexity index is 229. The van der Waals surface area contributed by atoms with Crippen LogP contribution in [0.3, 0.4) is 0 Å². The topological polar surface area (TPSA) is 30.0 Å². The first-order chi connectivity index (χ1) is 4.20. The minimum absolute atomic E-state index is 0.0422. The Hall–Kier alpha value is -0.700. The Morgan fingerprint density at radius 2 is 2.44 bits per heavy atom. The first kappa shape index (κ1) is 6.42. The molecule has 0 unspecified atom stereocenters. The second kappa shape index (κ2) is 2.27. The Kier molecular flexibility index (Phi) is 1.62. The number of Topliss-reactive ketones (excluding diaryl/α,β-unsaturated/α-hetero) is 1. The summed E-state index contributed by atoms with van der Waals surface area (Å²) in [5, 5.41) is 0.889. The van der Waals surface area contributed by atoms with Gasteiger partial charge in [-0.25, -0.2) is 4.98 Å². The zero-order chi connectivity index (χ0) is 6.85. The summed E-state index contributed by atoms with van der Waals surface area (Å²) in [6, 6.07) is 0. The Labute approximate surface area is 57.5 Å². The number of aromatic nitrogens is 1. The van der Waals surface area contributed by atoms with E-state index in [1.54, 1.807) is 0 Å². The lowest BCUT2D eigenvalue weighted by atomic mass is 10.4. The van der Waals surface area contributed by atoms with Gasteiger partial charge in [-0.3, -0.25) is 4.79 Å². The molecular formula is C6H6NOS. The van der Waals surface area contributed by atoms with E-state index in [1.807, 2.05) is 6.92 Å². The van der Waals surface area contributed by atoms with Crippen LogP contribution in [0.1, 0.15) is 21.6 Å². The average Bonchev–Trinajstić information content (AvgIpc) is 2.14. The lowest BCUT2D eigenvalue weighted by Crippen LogP contribution is -1.84. The number of nitrogens with zero attached hydrogens (tertiary/aromatic N) is 1. The molecule has 0 aliphatic heterocycles. The van der Waals surface area contributed by atoms with Gasteiger partial charge in [-0.15, -0.1) is 11.3 Å². The molecule has 3 heteroatoms. The summed E-state index contributed by atoms with van der Waals surface area (Å²) in [7, 11) is 0. The highest BCUT2D eigenvalue weighted by Gasteiger charge is 2.01. The summed E-state index contributed by atoms with van der Waals surface area (Å²) in [5.41, 5.74) is 0. The minimum atomic E-state index is 0.0422. The predicted octanol–water partition coefficient (Wildman–Crippen LogP) is 1.45. The molecule has 1 radical (unpaired) electrons. The van der Waals surface area contributed by atoms with E-state index in [1.165, 1.54) is 18.3 Å². The van der Waals surface area contributed by atoms with Crippen LogP contribution in [-0.2, 0) is 0 Å². The third kappa shape index (κ3) is 1.36. The molecule has 0 aliphatic rings. The molecule has 0 saturated heterocycles. The van der Waals surface area contributed by atoms with Gasteiger partial charge in [0.15, 0.2) is 5.78 Å². The van der Waals surface area contributed by atoms with Crippen molar-refractivity contribution in [1.82, 2.24) is 4.98 Å². The lowest BCUT2D eigenvalue weighted by Gasteiger charge is -1.78. The maximum Gasteiger partial charge on any atom is 0.172 e. The number of aryl methyl sites for hydroxylation is 1. The third-order valence-electron chi connectivity index (χ3n) is 0.884. The monoisotopic (exact) mass is 140 g/mol. The fourth-order valence-corrected chi connectivity index (χ4v) is 1.10. The molecule has 0 aliphatic carbocycles. The van der Waals surface area contributed by atoms with E-state index in [2.05, 4.69) is 11.2 Å². The maximum atomic E-state index is 10.6. The minimum Gasteiger partial charge on any atom is -0.294 e. The van der Waals surface area contributed by atoms with Crippen LogP contribution in [-0.4, -0.2) is 10.8 Å². The summed E-state index contributed by atoms with van der Waals surface area (Å²) in [4.78, 5) is 15.0. The van der Waals surface area contributed by atoms with Crippen LogP contribution in [0.4, 0.5) is 0 Å². The van der Waals surface area contributed by atoms with Crippen LogP contribution in [0.25, 0.3) is 0 Å². The number of rotatable bonds is 1. The molecule has 9 heavy (non-hydrogen) atoms. The molecule has 1 aromatic heterocycles. The molecule has 2 nitrogen and oxygen atoms in total. The highest BCUT2D eigenvalue weighted by atomic mass is 32.1. The summed E-state index contributed by atoms with van der Waals surface area (Å²) in [6.45, 7) is 3.37. The van der Waals surface area contributed by atoms with Crippen LogP contribution in [0, 0.1) is 13.1 Å². The van der Waals surface area contributed by atoms with Crippen molar-refractivity contribution in [1.29, 1.82) is 0 Å². The van der Waals surface area contributed by atoms with Crippen LogP contribution in [0.15, 0.2) is 0 Å². The van der Waals surface area contributed by atoms with E-state index >= 15 is 0 Å². The largest absolute Gasteiger partial charge is 0.294 e. The molecule has 0 atom stereocenters. The molecule has 0 amide bonds.